The Morgan fingerprint density at radius 3 is 1.98 bits per heavy atom. The molecule has 2 aliphatic carbocycles. The highest BCUT2D eigenvalue weighted by atomic mass is 16.3. The Morgan fingerprint density at radius 2 is 1.12 bits per heavy atom. The topological polar surface area (TPSA) is 51.8 Å². The predicted octanol–water partition coefficient (Wildman–Crippen LogP) is 13.4. The van der Waals surface area contributed by atoms with Gasteiger partial charge in [-0.3, -0.25) is 0 Å². The molecule has 0 radical (unpaired) electrons. The lowest BCUT2D eigenvalue weighted by Crippen LogP contribution is -2.25. The molecule has 0 amide bonds. The smallest absolute Gasteiger partial charge is 0.227 e. The first kappa shape index (κ1) is 31.5. The summed E-state index contributed by atoms with van der Waals surface area (Å²) in [5, 5.41) is 6.85. The molecule has 0 bridgehead atoms. The summed E-state index contributed by atoms with van der Waals surface area (Å²) in [5.41, 5.74) is 15.4. The van der Waals surface area contributed by atoms with Crippen LogP contribution >= 0.6 is 0 Å². The molecule has 9 aromatic carbocycles. The van der Waals surface area contributed by atoms with Crippen molar-refractivity contribution in [1.29, 1.82) is 0 Å². The maximum Gasteiger partial charge on any atom is 0.227 e. The lowest BCUT2D eigenvalue weighted by Gasteiger charge is -2.30. The van der Waals surface area contributed by atoms with Crippen LogP contribution in [0, 0.1) is 0 Å². The molecule has 11 aromatic rings. The van der Waals surface area contributed by atoms with Gasteiger partial charge < -0.3 is 4.42 Å². The van der Waals surface area contributed by atoms with Gasteiger partial charge in [-0.25, -0.2) is 15.0 Å². The van der Waals surface area contributed by atoms with E-state index < -0.39 is 5.41 Å². The average Bonchev–Trinajstić information content (AvgIpc) is 3.96. The fourth-order valence-corrected chi connectivity index (χ4v) is 10.1. The molecule has 2 aliphatic rings. The van der Waals surface area contributed by atoms with E-state index in [0.717, 1.165) is 55.0 Å². The van der Waals surface area contributed by atoms with Gasteiger partial charge >= 0.3 is 0 Å². The van der Waals surface area contributed by atoms with E-state index in [1.54, 1.807) is 0 Å². The van der Waals surface area contributed by atoms with Crippen LogP contribution in [0.3, 0.4) is 0 Å². The zero-order chi connectivity index (χ0) is 38.0. The number of fused-ring (bicyclic) bond motifs is 17. The zero-order valence-electron chi connectivity index (χ0n) is 31.1. The minimum atomic E-state index is -0.459. The van der Waals surface area contributed by atoms with Gasteiger partial charge in [0, 0.05) is 28.3 Å². The Hall–Kier alpha value is -7.69. The van der Waals surface area contributed by atoms with Gasteiger partial charge in [-0.15, -0.1) is 0 Å². The van der Waals surface area contributed by atoms with Gasteiger partial charge in [0.1, 0.15) is 5.52 Å². The molecule has 0 atom stereocenters. The van der Waals surface area contributed by atoms with E-state index in [0.29, 0.717) is 11.7 Å². The summed E-state index contributed by atoms with van der Waals surface area (Å²) in [6, 6.07) is 65.4. The van der Waals surface area contributed by atoms with Crippen LogP contribution in [0.5, 0.6) is 0 Å². The minimum Gasteiger partial charge on any atom is -0.435 e. The monoisotopic (exact) mass is 737 g/mol. The third-order valence-corrected chi connectivity index (χ3v) is 12.6. The second-order valence-corrected chi connectivity index (χ2v) is 15.5. The van der Waals surface area contributed by atoms with Gasteiger partial charge in [0.15, 0.2) is 11.4 Å². The van der Waals surface area contributed by atoms with Crippen molar-refractivity contribution in [2.45, 2.75) is 5.41 Å². The lowest BCUT2D eigenvalue weighted by molar-refractivity contribution is 0.623. The van der Waals surface area contributed by atoms with Gasteiger partial charge in [-0.1, -0.05) is 146 Å². The molecule has 0 aliphatic heterocycles. The fourth-order valence-electron chi connectivity index (χ4n) is 10.1. The first-order valence-corrected chi connectivity index (χ1v) is 19.8. The maximum absolute atomic E-state index is 6.52. The molecular weight excluding hydrogens is 707 g/mol. The number of rotatable bonds is 3. The van der Waals surface area contributed by atoms with Crippen molar-refractivity contribution in [1.82, 2.24) is 15.0 Å². The first-order valence-electron chi connectivity index (χ1n) is 19.8. The van der Waals surface area contributed by atoms with Crippen LogP contribution in [0.4, 0.5) is 0 Å². The molecule has 13 rings (SSSR count). The summed E-state index contributed by atoms with van der Waals surface area (Å²) in [6.45, 7) is 0. The maximum atomic E-state index is 6.52. The van der Waals surface area contributed by atoms with E-state index in [-0.39, 0.29) is 0 Å². The predicted molar refractivity (Wildman–Crippen MR) is 235 cm³/mol. The van der Waals surface area contributed by atoms with Crippen LogP contribution in [0.15, 0.2) is 193 Å². The van der Waals surface area contributed by atoms with E-state index in [1.165, 1.54) is 55.3 Å². The van der Waals surface area contributed by atoms with Crippen LogP contribution in [0.25, 0.3) is 99.8 Å². The Balaban J connectivity index is 0.994. The second kappa shape index (κ2) is 11.7. The van der Waals surface area contributed by atoms with Crippen molar-refractivity contribution in [3.05, 3.63) is 210 Å². The summed E-state index contributed by atoms with van der Waals surface area (Å²) in [4.78, 5) is 15.0. The van der Waals surface area contributed by atoms with E-state index in [4.69, 9.17) is 19.4 Å². The Labute approximate surface area is 333 Å². The van der Waals surface area contributed by atoms with Crippen LogP contribution in [-0.4, -0.2) is 15.0 Å². The molecule has 1 spiro atoms. The molecule has 4 nitrogen and oxygen atoms in total. The largest absolute Gasteiger partial charge is 0.435 e. The molecule has 0 unspecified atom stereocenters. The lowest BCUT2D eigenvalue weighted by atomic mass is 9.70. The van der Waals surface area contributed by atoms with Crippen molar-refractivity contribution >= 4 is 43.4 Å². The van der Waals surface area contributed by atoms with Gasteiger partial charge in [0.05, 0.1) is 11.1 Å². The number of hydrogen-bond donors (Lipinski definition) is 0. The molecule has 2 aromatic heterocycles. The highest BCUT2D eigenvalue weighted by Crippen LogP contribution is 2.64. The minimum absolute atomic E-state index is 0.459. The van der Waals surface area contributed by atoms with Gasteiger partial charge in [0.2, 0.25) is 5.89 Å². The zero-order valence-corrected chi connectivity index (χ0v) is 31.1. The molecule has 268 valence electrons. The number of nitrogens with zero attached hydrogens (tertiary/aromatic N) is 3. The van der Waals surface area contributed by atoms with Gasteiger partial charge in [-0.05, 0) is 108 Å². The van der Waals surface area contributed by atoms with Crippen LogP contribution in [0.1, 0.15) is 22.3 Å². The number of aromatic nitrogens is 3. The summed E-state index contributed by atoms with van der Waals surface area (Å²) in [5.74, 6) is 1.29. The van der Waals surface area contributed by atoms with Gasteiger partial charge in [-0.2, -0.15) is 0 Å². The second-order valence-electron chi connectivity index (χ2n) is 15.5. The normalized spacial score (nSPS) is 13.3. The summed E-state index contributed by atoms with van der Waals surface area (Å²) in [6.07, 6.45) is 1.89. The average molecular weight is 738 g/mol. The van der Waals surface area contributed by atoms with Crippen molar-refractivity contribution in [2.24, 2.45) is 0 Å². The molecule has 58 heavy (non-hydrogen) atoms. The van der Waals surface area contributed by atoms with Crippen molar-refractivity contribution in [3.63, 3.8) is 0 Å². The van der Waals surface area contributed by atoms with E-state index in [9.17, 15) is 0 Å². The molecule has 4 heteroatoms. The number of oxazole rings is 1. The number of benzene rings is 9. The third-order valence-electron chi connectivity index (χ3n) is 12.6. The van der Waals surface area contributed by atoms with E-state index in [2.05, 4.69) is 140 Å². The first-order chi connectivity index (χ1) is 28.7. The molecular formula is C54H31N3O. The van der Waals surface area contributed by atoms with E-state index >= 15 is 0 Å². The molecule has 0 saturated heterocycles. The van der Waals surface area contributed by atoms with Crippen molar-refractivity contribution in [2.75, 3.05) is 0 Å². The standard InChI is InChI=1S/C54H31N3O/c1-2-11-35(12-3-1)53-57-48-27-24-34-20-18-33-19-21-37(30-42(33)49(34)51(48)58-53)52-55-29-28-47(56-52)36-22-25-41-46(31-36)54(45-26-23-32-10-4-5-13-38(32)50(41)45)43-16-8-6-14-39(43)40-15-7-9-17-44(40)54/h1-31H. The fraction of sp³-hybridized carbons (Fsp3) is 0.0185. The van der Waals surface area contributed by atoms with Crippen LogP contribution in [-0.2, 0) is 5.41 Å². The Bertz CT molecular complexity index is 3480. The summed E-state index contributed by atoms with van der Waals surface area (Å²) < 4.78 is 6.52. The molecule has 0 N–H and O–H groups in total. The highest BCUT2D eigenvalue weighted by molar-refractivity contribution is 6.18. The van der Waals surface area contributed by atoms with E-state index in [1.807, 2.05) is 48.7 Å². The SMILES string of the molecule is c1ccc(-c2nc3ccc4ccc5ccc(-c6nccc(-c7ccc8c(c7)C7(c9ccccc9-c9ccccc97)c7ccc9ccccc9c7-8)n6)cc5c4c3o2)cc1. The Kier molecular flexibility index (Phi) is 6.34. The number of hydrogen-bond acceptors (Lipinski definition) is 4. The quantitative estimate of drug-likeness (QED) is 0.169. The van der Waals surface area contributed by atoms with Crippen molar-refractivity contribution < 1.29 is 4.42 Å². The van der Waals surface area contributed by atoms with Crippen LogP contribution < -0.4 is 0 Å². The summed E-state index contributed by atoms with van der Waals surface area (Å²) >= 11 is 0. The third kappa shape index (κ3) is 4.21. The van der Waals surface area contributed by atoms with Crippen molar-refractivity contribution in [3.8, 4) is 56.4 Å². The molecule has 0 saturated carbocycles. The summed E-state index contributed by atoms with van der Waals surface area (Å²) in [7, 11) is 0. The Morgan fingerprint density at radius 1 is 0.431 bits per heavy atom. The van der Waals surface area contributed by atoms with Gasteiger partial charge in [0.25, 0.3) is 0 Å². The van der Waals surface area contributed by atoms with Crippen LogP contribution in [0.2, 0.25) is 0 Å². The molecule has 2 heterocycles. The highest BCUT2D eigenvalue weighted by Gasteiger charge is 2.52. The molecule has 0 fully saturated rings.